The first kappa shape index (κ1) is 12.8. The Morgan fingerprint density at radius 1 is 1.22 bits per heavy atom. The lowest BCUT2D eigenvalue weighted by Crippen LogP contribution is -2.11. The van der Waals surface area contributed by atoms with Gasteiger partial charge in [-0.15, -0.1) is 11.3 Å². The average molecular weight is 259 g/mol. The molecule has 1 aromatic carbocycles. The molecular formula is C14H17N3S. The van der Waals surface area contributed by atoms with Crippen molar-refractivity contribution in [2.45, 2.75) is 26.2 Å². The van der Waals surface area contributed by atoms with E-state index < -0.39 is 0 Å². The number of hydrogen-bond donors (Lipinski definition) is 1. The molecule has 1 N–H and O–H groups in total. The van der Waals surface area contributed by atoms with Crippen LogP contribution in [0.4, 0.5) is 5.13 Å². The standard InChI is InChI=1S/C14H17N3S/c1-14(2,3)12-10-18-13(16-12)17-15-9-11-7-5-4-6-8-11/h4-10H,1-3H3,(H,16,17)/b15-9-. The third kappa shape index (κ3) is 3.40. The summed E-state index contributed by atoms with van der Waals surface area (Å²) in [5.74, 6) is 0. The SMILES string of the molecule is CC(C)(C)c1csc(N/N=C\c2ccccc2)n1. The van der Waals surface area contributed by atoms with E-state index in [0.29, 0.717) is 0 Å². The third-order valence-electron chi connectivity index (χ3n) is 2.45. The van der Waals surface area contributed by atoms with Gasteiger partial charge in [-0.3, -0.25) is 5.43 Å². The fraction of sp³-hybridized carbons (Fsp3) is 0.286. The maximum atomic E-state index is 4.51. The first-order valence-corrected chi connectivity index (χ1v) is 6.74. The topological polar surface area (TPSA) is 37.3 Å². The molecular weight excluding hydrogens is 242 g/mol. The molecule has 0 bridgehead atoms. The number of thiazole rings is 1. The highest BCUT2D eigenvalue weighted by Crippen LogP contribution is 2.26. The minimum absolute atomic E-state index is 0.0829. The maximum Gasteiger partial charge on any atom is 0.203 e. The minimum atomic E-state index is 0.0829. The molecule has 0 radical (unpaired) electrons. The molecule has 2 aromatic rings. The molecule has 0 atom stereocenters. The number of nitrogens with one attached hydrogen (secondary N) is 1. The van der Waals surface area contributed by atoms with Gasteiger partial charge >= 0.3 is 0 Å². The Hall–Kier alpha value is -1.68. The second-order valence-corrected chi connectivity index (χ2v) is 5.93. The van der Waals surface area contributed by atoms with Crippen LogP contribution in [-0.2, 0) is 5.41 Å². The quantitative estimate of drug-likeness (QED) is 0.670. The summed E-state index contributed by atoms with van der Waals surface area (Å²) in [5, 5.41) is 7.08. The summed E-state index contributed by atoms with van der Waals surface area (Å²) in [5.41, 5.74) is 5.20. The highest BCUT2D eigenvalue weighted by molar-refractivity contribution is 7.13. The van der Waals surface area contributed by atoms with Crippen LogP contribution in [-0.4, -0.2) is 11.2 Å². The highest BCUT2D eigenvalue weighted by Gasteiger charge is 2.17. The highest BCUT2D eigenvalue weighted by atomic mass is 32.1. The summed E-state index contributed by atoms with van der Waals surface area (Å²) in [6.07, 6.45) is 1.79. The smallest absolute Gasteiger partial charge is 0.203 e. The van der Waals surface area contributed by atoms with E-state index in [1.807, 2.05) is 30.3 Å². The second-order valence-electron chi connectivity index (χ2n) is 5.07. The van der Waals surface area contributed by atoms with E-state index in [0.717, 1.165) is 16.4 Å². The minimum Gasteiger partial charge on any atom is -0.253 e. The Labute approximate surface area is 112 Å². The Morgan fingerprint density at radius 2 is 1.94 bits per heavy atom. The van der Waals surface area contributed by atoms with Gasteiger partial charge in [0.1, 0.15) is 0 Å². The van der Waals surface area contributed by atoms with Crippen molar-refractivity contribution >= 4 is 22.7 Å². The predicted molar refractivity (Wildman–Crippen MR) is 78.5 cm³/mol. The summed E-state index contributed by atoms with van der Waals surface area (Å²) in [6, 6.07) is 9.98. The Morgan fingerprint density at radius 3 is 2.56 bits per heavy atom. The van der Waals surface area contributed by atoms with E-state index in [4.69, 9.17) is 0 Å². The van der Waals surface area contributed by atoms with Gasteiger partial charge in [0.25, 0.3) is 0 Å². The lowest BCUT2D eigenvalue weighted by Gasteiger charge is -2.13. The molecule has 0 saturated carbocycles. The monoisotopic (exact) mass is 259 g/mol. The van der Waals surface area contributed by atoms with Crippen molar-refractivity contribution in [2.24, 2.45) is 5.10 Å². The van der Waals surface area contributed by atoms with Crippen molar-refractivity contribution in [3.8, 4) is 0 Å². The molecule has 94 valence electrons. The molecule has 3 nitrogen and oxygen atoms in total. The number of hydrogen-bond acceptors (Lipinski definition) is 4. The van der Waals surface area contributed by atoms with Gasteiger partial charge in [0.2, 0.25) is 5.13 Å². The normalized spacial score (nSPS) is 11.9. The zero-order valence-electron chi connectivity index (χ0n) is 10.8. The van der Waals surface area contributed by atoms with Crippen LogP contribution in [0.3, 0.4) is 0 Å². The lowest BCUT2D eigenvalue weighted by atomic mass is 9.93. The summed E-state index contributed by atoms with van der Waals surface area (Å²) in [4.78, 5) is 4.51. The van der Waals surface area contributed by atoms with Crippen molar-refractivity contribution in [1.82, 2.24) is 4.98 Å². The molecule has 0 aliphatic carbocycles. The number of anilines is 1. The summed E-state index contributed by atoms with van der Waals surface area (Å²) < 4.78 is 0. The number of nitrogens with zero attached hydrogens (tertiary/aromatic N) is 2. The van der Waals surface area contributed by atoms with Gasteiger partial charge in [0, 0.05) is 10.8 Å². The largest absolute Gasteiger partial charge is 0.253 e. The second kappa shape index (κ2) is 5.31. The van der Waals surface area contributed by atoms with Crippen LogP contribution in [0.15, 0.2) is 40.8 Å². The van der Waals surface area contributed by atoms with Crippen molar-refractivity contribution in [3.05, 3.63) is 47.0 Å². The first-order valence-electron chi connectivity index (χ1n) is 5.86. The van der Waals surface area contributed by atoms with Crippen LogP contribution in [0.1, 0.15) is 32.0 Å². The Bertz CT molecular complexity index is 523. The number of aromatic nitrogens is 1. The average Bonchev–Trinajstić information content (AvgIpc) is 2.79. The van der Waals surface area contributed by atoms with E-state index in [2.05, 4.69) is 41.7 Å². The lowest BCUT2D eigenvalue weighted by molar-refractivity contribution is 0.573. The molecule has 0 amide bonds. The molecule has 0 fully saturated rings. The predicted octanol–water partition coefficient (Wildman–Crippen LogP) is 3.89. The summed E-state index contributed by atoms with van der Waals surface area (Å²) in [7, 11) is 0. The van der Waals surface area contributed by atoms with E-state index >= 15 is 0 Å². The van der Waals surface area contributed by atoms with Crippen molar-refractivity contribution < 1.29 is 0 Å². The molecule has 18 heavy (non-hydrogen) atoms. The number of benzene rings is 1. The maximum absolute atomic E-state index is 4.51. The van der Waals surface area contributed by atoms with Crippen LogP contribution in [0.5, 0.6) is 0 Å². The fourth-order valence-corrected chi connectivity index (χ4v) is 2.26. The van der Waals surface area contributed by atoms with Crippen LogP contribution < -0.4 is 5.43 Å². The van der Waals surface area contributed by atoms with Crippen molar-refractivity contribution in [3.63, 3.8) is 0 Å². The van der Waals surface area contributed by atoms with Gasteiger partial charge in [0.15, 0.2) is 0 Å². The molecule has 0 aliphatic heterocycles. The third-order valence-corrected chi connectivity index (χ3v) is 3.19. The van der Waals surface area contributed by atoms with Gasteiger partial charge in [0.05, 0.1) is 11.9 Å². The molecule has 0 saturated heterocycles. The van der Waals surface area contributed by atoms with E-state index in [1.54, 1.807) is 17.6 Å². The molecule has 4 heteroatoms. The van der Waals surface area contributed by atoms with Crippen LogP contribution in [0, 0.1) is 0 Å². The van der Waals surface area contributed by atoms with E-state index in [9.17, 15) is 0 Å². The molecule has 0 aliphatic rings. The summed E-state index contributed by atoms with van der Waals surface area (Å²) in [6.45, 7) is 6.46. The number of rotatable bonds is 3. The number of hydrazone groups is 1. The molecule has 1 heterocycles. The molecule has 2 rings (SSSR count). The van der Waals surface area contributed by atoms with E-state index in [1.165, 1.54) is 0 Å². The van der Waals surface area contributed by atoms with Gasteiger partial charge in [-0.2, -0.15) is 5.10 Å². The van der Waals surface area contributed by atoms with Gasteiger partial charge < -0.3 is 0 Å². The van der Waals surface area contributed by atoms with Crippen molar-refractivity contribution in [2.75, 3.05) is 5.43 Å². The Balaban J connectivity index is 1.99. The van der Waals surface area contributed by atoms with Crippen LogP contribution in [0.2, 0.25) is 0 Å². The van der Waals surface area contributed by atoms with Crippen molar-refractivity contribution in [1.29, 1.82) is 0 Å². The van der Waals surface area contributed by atoms with Crippen LogP contribution >= 0.6 is 11.3 Å². The summed E-state index contributed by atoms with van der Waals surface area (Å²) >= 11 is 1.58. The molecule has 1 aromatic heterocycles. The van der Waals surface area contributed by atoms with E-state index in [-0.39, 0.29) is 5.41 Å². The molecule has 0 unspecified atom stereocenters. The Kier molecular flexibility index (Phi) is 3.77. The zero-order chi connectivity index (χ0) is 13.0. The van der Waals surface area contributed by atoms with Gasteiger partial charge in [-0.1, -0.05) is 51.1 Å². The zero-order valence-corrected chi connectivity index (χ0v) is 11.7. The molecule has 0 spiro atoms. The van der Waals surface area contributed by atoms with Gasteiger partial charge in [-0.25, -0.2) is 4.98 Å². The van der Waals surface area contributed by atoms with Gasteiger partial charge in [-0.05, 0) is 5.56 Å². The van der Waals surface area contributed by atoms with Crippen LogP contribution in [0.25, 0.3) is 0 Å². The fourth-order valence-electron chi connectivity index (χ4n) is 1.37. The first-order chi connectivity index (χ1) is 8.55.